The van der Waals surface area contributed by atoms with Crippen LogP contribution in [0.2, 0.25) is 0 Å². The normalized spacial score (nSPS) is 25.0. The molecule has 1 rings (SSSR count). The molecule has 27 heavy (non-hydrogen) atoms. The van der Waals surface area contributed by atoms with Gasteiger partial charge < -0.3 is 15.3 Å². The quantitative estimate of drug-likeness (QED) is 0.340. The zero-order valence-electron chi connectivity index (χ0n) is 16.9. The van der Waals surface area contributed by atoms with E-state index >= 15 is 0 Å². The van der Waals surface area contributed by atoms with E-state index < -0.39 is 39.9 Å². The molecule has 1 aliphatic carbocycles. The Labute approximate surface area is 160 Å². The van der Waals surface area contributed by atoms with Gasteiger partial charge >= 0.3 is 0 Å². The monoisotopic (exact) mass is 378 g/mol. The van der Waals surface area contributed by atoms with E-state index in [2.05, 4.69) is 0 Å². The minimum atomic E-state index is -2.91. The molecule has 0 aromatic carbocycles. The van der Waals surface area contributed by atoms with Crippen LogP contribution in [-0.4, -0.2) is 43.9 Å². The molecule has 6 nitrogen and oxygen atoms in total. The second-order valence-electron chi connectivity index (χ2n) is 8.04. The topological polar surface area (TPSA) is 112 Å². The van der Waals surface area contributed by atoms with E-state index in [1.807, 2.05) is 0 Å². The Hall–Kier alpha value is -2.05. The summed E-state index contributed by atoms with van der Waals surface area (Å²) >= 11 is 0. The van der Waals surface area contributed by atoms with E-state index in [0.29, 0.717) is 0 Å². The molecule has 2 atom stereocenters. The van der Waals surface area contributed by atoms with Crippen LogP contribution in [0.15, 0.2) is 34.6 Å². The maximum atomic E-state index is 12.9. The molecule has 0 saturated heterocycles. The second-order valence-corrected chi connectivity index (χ2v) is 8.04. The lowest BCUT2D eigenvalue weighted by Gasteiger charge is -2.35. The number of allylic oxidation sites excluding steroid dienone is 3. The van der Waals surface area contributed by atoms with Crippen molar-refractivity contribution >= 4 is 17.3 Å². The molecule has 0 heterocycles. The number of rotatable bonds is 8. The molecule has 0 unspecified atom stereocenters. The third-order valence-corrected chi connectivity index (χ3v) is 4.56. The molecule has 3 N–H and O–H groups in total. The second kappa shape index (κ2) is 8.31. The zero-order chi connectivity index (χ0) is 21.2. The van der Waals surface area contributed by atoms with Gasteiger partial charge in [-0.3, -0.25) is 14.4 Å². The fraction of sp³-hybridized carbons (Fsp3) is 0.571. The van der Waals surface area contributed by atoms with Crippen molar-refractivity contribution in [1.82, 2.24) is 0 Å². The summed E-state index contributed by atoms with van der Waals surface area (Å²) in [7, 11) is 0. The molecule has 0 amide bonds. The van der Waals surface area contributed by atoms with E-state index in [-0.39, 0.29) is 25.2 Å². The lowest BCUT2D eigenvalue weighted by molar-refractivity contribution is -0.171. The first-order chi connectivity index (χ1) is 12.3. The average Bonchev–Trinajstić information content (AvgIpc) is 2.69. The summed E-state index contributed by atoms with van der Waals surface area (Å²) < 4.78 is 0. The van der Waals surface area contributed by atoms with Crippen LogP contribution in [0.25, 0.3) is 0 Å². The summed E-state index contributed by atoms with van der Waals surface area (Å²) in [5.74, 6) is -3.93. The van der Waals surface area contributed by atoms with Crippen LogP contribution in [0.4, 0.5) is 0 Å². The Morgan fingerprint density at radius 2 is 1.56 bits per heavy atom. The Morgan fingerprint density at radius 1 is 1.04 bits per heavy atom. The van der Waals surface area contributed by atoms with Gasteiger partial charge in [-0.1, -0.05) is 37.1 Å². The highest BCUT2D eigenvalue weighted by Crippen LogP contribution is 2.44. The Kier molecular flexibility index (Phi) is 7.08. The van der Waals surface area contributed by atoms with E-state index in [1.165, 1.54) is 12.2 Å². The van der Waals surface area contributed by atoms with Crippen molar-refractivity contribution < 1.29 is 29.7 Å². The molecule has 0 radical (unpaired) electrons. The minimum Gasteiger partial charge on any atom is -0.508 e. The third kappa shape index (κ3) is 4.28. The van der Waals surface area contributed by atoms with Gasteiger partial charge in [-0.15, -0.1) is 0 Å². The molecule has 6 heteroatoms. The molecule has 0 bridgehead atoms. The number of hydrogen-bond donors (Lipinski definition) is 3. The fourth-order valence-electron chi connectivity index (χ4n) is 2.98. The van der Waals surface area contributed by atoms with E-state index in [1.54, 1.807) is 41.5 Å². The molecule has 0 aliphatic heterocycles. The summed E-state index contributed by atoms with van der Waals surface area (Å²) in [6.07, 6.45) is 2.28. The van der Waals surface area contributed by atoms with Gasteiger partial charge in [0.05, 0.1) is 0 Å². The molecule has 0 saturated carbocycles. The van der Waals surface area contributed by atoms with Crippen molar-refractivity contribution in [3.63, 3.8) is 0 Å². The molecule has 0 spiro atoms. The highest BCUT2D eigenvalue weighted by molar-refractivity contribution is 6.32. The molecule has 0 aromatic rings. The summed E-state index contributed by atoms with van der Waals surface area (Å²) in [5, 5.41) is 32.7. The van der Waals surface area contributed by atoms with Crippen molar-refractivity contribution in [2.75, 3.05) is 0 Å². The molecule has 0 fully saturated rings. The number of hydrogen-bond acceptors (Lipinski definition) is 6. The number of carbonyl (C=O) groups excluding carboxylic acids is 3. The van der Waals surface area contributed by atoms with Gasteiger partial charge in [-0.05, 0) is 33.6 Å². The number of ketones is 3. The fourth-order valence-corrected chi connectivity index (χ4v) is 2.98. The lowest BCUT2D eigenvalue weighted by atomic mass is 9.76. The highest BCUT2D eigenvalue weighted by Gasteiger charge is 2.68. The largest absolute Gasteiger partial charge is 0.508 e. The SMILES string of the molecule is CC(C)=CCC(=O)[C@]1(O)C(=O)C(C(=O)CC(C)C)=C(O)[C@]1(O)CC=C(C)C. The lowest BCUT2D eigenvalue weighted by Crippen LogP contribution is -2.61. The predicted octanol–water partition coefficient (Wildman–Crippen LogP) is 2.74. The van der Waals surface area contributed by atoms with Crippen LogP contribution in [0.1, 0.15) is 60.8 Å². The van der Waals surface area contributed by atoms with Crippen LogP contribution < -0.4 is 0 Å². The van der Waals surface area contributed by atoms with Gasteiger partial charge in [-0.25, -0.2) is 0 Å². The average molecular weight is 378 g/mol. The summed E-state index contributed by atoms with van der Waals surface area (Å²) in [6, 6.07) is 0. The van der Waals surface area contributed by atoms with E-state index in [4.69, 9.17) is 0 Å². The van der Waals surface area contributed by atoms with Gasteiger partial charge in [-0.2, -0.15) is 0 Å². The van der Waals surface area contributed by atoms with Crippen molar-refractivity contribution in [2.24, 2.45) is 5.92 Å². The van der Waals surface area contributed by atoms with Crippen LogP contribution in [0.3, 0.4) is 0 Å². The maximum absolute atomic E-state index is 12.9. The summed E-state index contributed by atoms with van der Waals surface area (Å²) in [5.41, 5.74) is -4.61. The van der Waals surface area contributed by atoms with E-state index in [9.17, 15) is 29.7 Å². The summed E-state index contributed by atoms with van der Waals surface area (Å²) in [6.45, 7) is 10.5. The first-order valence-electron chi connectivity index (χ1n) is 9.05. The molecule has 150 valence electrons. The number of aliphatic hydroxyl groups is 3. The van der Waals surface area contributed by atoms with Crippen molar-refractivity contribution in [1.29, 1.82) is 0 Å². The Bertz CT molecular complexity index is 732. The van der Waals surface area contributed by atoms with Crippen molar-refractivity contribution in [3.05, 3.63) is 34.6 Å². The smallest absolute Gasteiger partial charge is 0.223 e. The highest BCUT2D eigenvalue weighted by atomic mass is 16.4. The maximum Gasteiger partial charge on any atom is 0.223 e. The Morgan fingerprint density at radius 3 is 2.00 bits per heavy atom. The number of Topliss-reactive ketones (excluding diaryl/α,β-unsaturated/α-hetero) is 3. The molecule has 1 aliphatic rings. The van der Waals surface area contributed by atoms with Crippen LogP contribution in [0.5, 0.6) is 0 Å². The van der Waals surface area contributed by atoms with Gasteiger partial charge in [0.25, 0.3) is 0 Å². The van der Waals surface area contributed by atoms with Crippen molar-refractivity contribution in [2.45, 2.75) is 72.0 Å². The predicted molar refractivity (Wildman–Crippen MR) is 102 cm³/mol. The Balaban J connectivity index is 3.55. The zero-order valence-corrected chi connectivity index (χ0v) is 16.9. The van der Waals surface area contributed by atoms with Gasteiger partial charge in [0.2, 0.25) is 11.4 Å². The third-order valence-electron chi connectivity index (χ3n) is 4.56. The van der Waals surface area contributed by atoms with Crippen LogP contribution >= 0.6 is 0 Å². The molecular formula is C21H30O6. The van der Waals surface area contributed by atoms with Gasteiger partial charge in [0, 0.05) is 19.3 Å². The van der Waals surface area contributed by atoms with Crippen molar-refractivity contribution in [3.8, 4) is 0 Å². The van der Waals surface area contributed by atoms with Gasteiger partial charge in [0.15, 0.2) is 17.2 Å². The number of aliphatic hydroxyl groups excluding tert-OH is 1. The summed E-state index contributed by atoms with van der Waals surface area (Å²) in [4.78, 5) is 38.1. The minimum absolute atomic E-state index is 0.0535. The first-order valence-corrected chi connectivity index (χ1v) is 9.05. The van der Waals surface area contributed by atoms with Gasteiger partial charge in [0.1, 0.15) is 11.3 Å². The molecule has 0 aromatic heterocycles. The van der Waals surface area contributed by atoms with Crippen LogP contribution in [-0.2, 0) is 14.4 Å². The standard InChI is InChI=1S/C21H30O6/c1-12(2)7-8-16(23)21(27)19(25)17(15(22)11-14(5)6)18(24)20(21,26)10-9-13(3)4/h7,9,14,24,26-27H,8,10-11H2,1-6H3/t20-,21+/m1/s1. The molecular weight excluding hydrogens is 348 g/mol. The number of carbonyl (C=O) groups is 3. The first kappa shape index (κ1) is 23.0. The van der Waals surface area contributed by atoms with E-state index in [0.717, 1.165) is 11.1 Å². The van der Waals surface area contributed by atoms with Crippen LogP contribution in [0, 0.1) is 5.92 Å².